The molecule has 7 nitrogen and oxygen atoms in total. The molecule has 0 aliphatic carbocycles. The van der Waals surface area contributed by atoms with E-state index in [0.29, 0.717) is 23.3 Å². The molecule has 0 amide bonds. The van der Waals surface area contributed by atoms with E-state index in [-0.39, 0.29) is 5.78 Å². The predicted octanol–water partition coefficient (Wildman–Crippen LogP) is 8.15. The number of hydrogen-bond acceptors (Lipinski definition) is 8. The fourth-order valence-corrected chi connectivity index (χ4v) is 4.82. The summed E-state index contributed by atoms with van der Waals surface area (Å²) in [6.07, 6.45) is 8.62. The second-order valence-corrected chi connectivity index (χ2v) is 11.4. The first-order valence-corrected chi connectivity index (χ1v) is 15.5. The van der Waals surface area contributed by atoms with Crippen molar-refractivity contribution >= 4 is 34.7 Å². The Bertz CT molecular complexity index is 1150. The molecule has 1 aromatic heterocycles. The fraction of sp³-hybridized carbons (Fsp3) is 0.531. The molecule has 1 N–H and O–H groups in total. The highest BCUT2D eigenvalue weighted by Crippen LogP contribution is 2.32. The van der Waals surface area contributed by atoms with E-state index >= 15 is 0 Å². The van der Waals surface area contributed by atoms with Crippen molar-refractivity contribution in [1.29, 1.82) is 0 Å². The number of hydrogen-bond donors (Lipinski definition) is 1. The Morgan fingerprint density at radius 1 is 0.900 bits per heavy atom. The topological polar surface area (TPSA) is 67.2 Å². The molecule has 0 saturated heterocycles. The Morgan fingerprint density at radius 3 is 2.23 bits per heavy atom. The third-order valence-corrected chi connectivity index (χ3v) is 7.21. The van der Waals surface area contributed by atoms with Crippen molar-refractivity contribution in [3.63, 3.8) is 0 Å². The number of ether oxygens (including phenoxy) is 1. The number of nitrogens with one attached hydrogen (secondary N) is 1. The minimum atomic E-state index is -0.0420. The summed E-state index contributed by atoms with van der Waals surface area (Å²) in [6.45, 7) is 10.7. The number of carbonyl (C=O) groups excluding carboxylic acids is 1. The van der Waals surface area contributed by atoms with Crippen LogP contribution in [-0.4, -0.2) is 55.3 Å². The van der Waals surface area contributed by atoms with Crippen molar-refractivity contribution in [1.82, 2.24) is 9.21 Å². The lowest BCUT2D eigenvalue weighted by Crippen LogP contribution is -2.28. The molecule has 1 heterocycles. The van der Waals surface area contributed by atoms with Gasteiger partial charge in [0.1, 0.15) is 29.3 Å². The van der Waals surface area contributed by atoms with Crippen LogP contribution in [0.1, 0.15) is 87.4 Å². The summed E-state index contributed by atoms with van der Waals surface area (Å²) in [5.74, 6) is 1.48. The molecular weight excluding hydrogens is 522 g/mol. The average molecular weight is 570 g/mol. The largest absolute Gasteiger partial charge is 0.494 e. The van der Waals surface area contributed by atoms with Gasteiger partial charge in [-0.2, -0.15) is 4.28 Å². The van der Waals surface area contributed by atoms with E-state index in [1.165, 1.54) is 37.9 Å². The molecule has 3 aromatic rings. The Balaban J connectivity index is 1.68. The Morgan fingerprint density at radius 2 is 1.57 bits per heavy atom. The van der Waals surface area contributed by atoms with E-state index in [4.69, 9.17) is 13.4 Å². The standard InChI is InChI=1S/C32H47N3O4S/c1-6-9-13-30-31(28-24-26(16-19-29(28)38-30)33-39-40-34(4)5)32(36)25-14-17-27(18-15-25)37-23-12-22-35(20-10-7-2)21-11-8-3/h14-19,24,33H,6-13,20-23H2,1-5H3. The molecule has 3 rings (SSSR count). The van der Waals surface area contributed by atoms with Gasteiger partial charge in [-0.15, -0.1) is 0 Å². The number of unbranched alkanes of at least 4 members (excludes halogenated alkanes) is 3. The van der Waals surface area contributed by atoms with Gasteiger partial charge in [-0.25, -0.2) is 4.31 Å². The first-order valence-electron chi connectivity index (χ1n) is 14.8. The maximum Gasteiger partial charge on any atom is 0.197 e. The number of nitrogens with zero attached hydrogens (tertiary/aromatic N) is 2. The van der Waals surface area contributed by atoms with Crippen molar-refractivity contribution in [2.75, 3.05) is 45.8 Å². The van der Waals surface area contributed by atoms with Crippen LogP contribution in [0.5, 0.6) is 5.75 Å². The van der Waals surface area contributed by atoms with Crippen LogP contribution in [0.15, 0.2) is 46.9 Å². The number of furan rings is 1. The molecule has 2 aromatic carbocycles. The van der Waals surface area contributed by atoms with Crippen LogP contribution < -0.4 is 10.2 Å². The first-order chi connectivity index (χ1) is 19.5. The Kier molecular flexibility index (Phi) is 13.9. The molecule has 0 aliphatic rings. The SMILES string of the molecule is CCCCc1oc2ccc(NOSN(C)C)cc2c1C(=O)c1ccc(OCCCN(CCCC)CCCC)cc1. The van der Waals surface area contributed by atoms with Crippen molar-refractivity contribution in [2.45, 2.75) is 72.1 Å². The van der Waals surface area contributed by atoms with E-state index in [1.54, 1.807) is 0 Å². The van der Waals surface area contributed by atoms with Gasteiger partial charge in [-0.05, 0) is 95.3 Å². The van der Waals surface area contributed by atoms with E-state index in [0.717, 1.165) is 67.9 Å². The van der Waals surface area contributed by atoms with Crippen LogP contribution in [0, 0.1) is 0 Å². The van der Waals surface area contributed by atoms with Crippen LogP contribution in [0.4, 0.5) is 5.69 Å². The zero-order chi connectivity index (χ0) is 28.7. The zero-order valence-electron chi connectivity index (χ0n) is 25.0. The molecule has 0 bridgehead atoms. The molecule has 0 unspecified atom stereocenters. The highest BCUT2D eigenvalue weighted by Gasteiger charge is 2.22. The van der Waals surface area contributed by atoms with E-state index in [9.17, 15) is 4.79 Å². The molecule has 0 radical (unpaired) electrons. The average Bonchev–Trinajstić information content (AvgIpc) is 3.32. The number of carbonyl (C=O) groups is 1. The molecular formula is C32H47N3O4S. The number of anilines is 1. The second-order valence-electron chi connectivity index (χ2n) is 10.4. The van der Waals surface area contributed by atoms with Crippen molar-refractivity contribution in [2.24, 2.45) is 0 Å². The van der Waals surface area contributed by atoms with Crippen LogP contribution in [0.25, 0.3) is 11.0 Å². The molecule has 0 aliphatic heterocycles. The van der Waals surface area contributed by atoms with Crippen LogP contribution in [0.3, 0.4) is 0 Å². The molecule has 8 heteroatoms. The van der Waals surface area contributed by atoms with Gasteiger partial charge in [0.05, 0.1) is 17.9 Å². The minimum absolute atomic E-state index is 0.0420. The molecule has 0 spiro atoms. The zero-order valence-corrected chi connectivity index (χ0v) is 25.8. The third kappa shape index (κ3) is 9.84. The molecule has 0 saturated carbocycles. The van der Waals surface area contributed by atoms with Gasteiger partial charge in [0.2, 0.25) is 0 Å². The smallest absolute Gasteiger partial charge is 0.197 e. The van der Waals surface area contributed by atoms with Gasteiger partial charge >= 0.3 is 0 Å². The first kappa shape index (κ1) is 32.0. The lowest BCUT2D eigenvalue weighted by molar-refractivity contribution is 0.103. The second kappa shape index (κ2) is 17.3. The lowest BCUT2D eigenvalue weighted by Gasteiger charge is -2.21. The Hall–Kier alpha value is -2.52. The molecule has 0 fully saturated rings. The molecule has 220 valence electrons. The van der Waals surface area contributed by atoms with Gasteiger partial charge in [-0.3, -0.25) is 10.3 Å². The van der Waals surface area contributed by atoms with E-state index in [1.807, 2.05) is 60.9 Å². The van der Waals surface area contributed by atoms with Crippen LogP contribution >= 0.6 is 12.2 Å². The maximum absolute atomic E-state index is 13.8. The summed E-state index contributed by atoms with van der Waals surface area (Å²) in [5, 5.41) is 0.788. The number of fused-ring (bicyclic) bond motifs is 1. The summed E-state index contributed by atoms with van der Waals surface area (Å²) in [4.78, 5) is 16.3. The molecule has 40 heavy (non-hydrogen) atoms. The Labute approximate surface area is 244 Å². The summed E-state index contributed by atoms with van der Waals surface area (Å²) in [6, 6.07) is 13.2. The summed E-state index contributed by atoms with van der Waals surface area (Å²) >= 11 is 1.19. The highest BCUT2D eigenvalue weighted by atomic mass is 32.2. The number of benzene rings is 2. The monoisotopic (exact) mass is 569 g/mol. The number of aryl methyl sites for hydroxylation is 1. The van der Waals surface area contributed by atoms with Crippen molar-refractivity contribution in [3.8, 4) is 5.75 Å². The van der Waals surface area contributed by atoms with E-state index in [2.05, 4.69) is 31.2 Å². The van der Waals surface area contributed by atoms with Gasteiger partial charge in [0.25, 0.3) is 0 Å². The third-order valence-electron chi connectivity index (χ3n) is 6.75. The van der Waals surface area contributed by atoms with Crippen LogP contribution in [0.2, 0.25) is 0 Å². The van der Waals surface area contributed by atoms with Gasteiger partial charge in [0, 0.05) is 23.9 Å². The predicted molar refractivity (Wildman–Crippen MR) is 167 cm³/mol. The van der Waals surface area contributed by atoms with Crippen molar-refractivity contribution < 1.29 is 18.2 Å². The fourth-order valence-electron chi connectivity index (χ4n) is 4.54. The van der Waals surface area contributed by atoms with E-state index < -0.39 is 0 Å². The molecule has 0 atom stereocenters. The minimum Gasteiger partial charge on any atom is -0.494 e. The van der Waals surface area contributed by atoms with Crippen LogP contribution in [-0.2, 0) is 10.7 Å². The normalized spacial score (nSPS) is 11.6. The summed E-state index contributed by atoms with van der Waals surface area (Å²) in [7, 11) is 3.80. The lowest BCUT2D eigenvalue weighted by atomic mass is 9.98. The van der Waals surface area contributed by atoms with Gasteiger partial charge in [0.15, 0.2) is 5.78 Å². The maximum atomic E-state index is 13.8. The summed E-state index contributed by atoms with van der Waals surface area (Å²) in [5.41, 5.74) is 5.64. The van der Waals surface area contributed by atoms with Crippen molar-refractivity contribution in [3.05, 3.63) is 59.4 Å². The van der Waals surface area contributed by atoms with Gasteiger partial charge in [-0.1, -0.05) is 40.0 Å². The number of ketones is 1. The quantitative estimate of drug-likeness (QED) is 0.0481. The summed E-state index contributed by atoms with van der Waals surface area (Å²) < 4.78 is 19.5. The van der Waals surface area contributed by atoms with Gasteiger partial charge < -0.3 is 14.1 Å². The number of rotatable bonds is 20. The highest BCUT2D eigenvalue weighted by molar-refractivity contribution is 7.92.